The number of hydrogen-bond donors (Lipinski definition) is 1. The molecule has 0 spiro atoms. The molecule has 0 saturated heterocycles. The van der Waals surface area contributed by atoms with Gasteiger partial charge in [0.25, 0.3) is 0 Å². The quantitative estimate of drug-likeness (QED) is 0.840. The van der Waals surface area contributed by atoms with Gasteiger partial charge in [-0.05, 0) is 31.0 Å². The zero-order valence-corrected chi connectivity index (χ0v) is 11.2. The Morgan fingerprint density at radius 3 is 2.94 bits per heavy atom. The van der Waals surface area contributed by atoms with Crippen molar-refractivity contribution in [2.24, 2.45) is 0 Å². The Hall–Kier alpha value is -0.510. The Morgan fingerprint density at radius 1 is 1.41 bits per heavy atom. The van der Waals surface area contributed by atoms with E-state index in [4.69, 9.17) is 5.11 Å². The summed E-state index contributed by atoms with van der Waals surface area (Å²) < 4.78 is 0. The predicted octanol–water partition coefficient (Wildman–Crippen LogP) is 2.41. The molecule has 1 aromatic rings. The monoisotopic (exact) mass is 251 g/mol. The van der Waals surface area contributed by atoms with Gasteiger partial charge in [0.1, 0.15) is 0 Å². The summed E-state index contributed by atoms with van der Waals surface area (Å²) in [5.41, 5.74) is 1.50. The maximum absolute atomic E-state index is 8.88. The van der Waals surface area contributed by atoms with Crippen LogP contribution in [-0.4, -0.2) is 41.5 Å². The number of aliphatic hydroxyl groups excluding tert-OH is 1. The summed E-state index contributed by atoms with van der Waals surface area (Å²) in [6.45, 7) is 5.72. The predicted molar refractivity (Wildman–Crippen MR) is 73.6 cm³/mol. The van der Waals surface area contributed by atoms with Gasteiger partial charge in [-0.2, -0.15) is 0 Å². The Labute approximate surface area is 108 Å². The molecule has 0 aromatic heterocycles. The second kappa shape index (κ2) is 6.43. The SMILES string of the molecule is CCN(CCCO)CC1Cc2ccccc2S1. The van der Waals surface area contributed by atoms with Crippen molar-refractivity contribution in [3.05, 3.63) is 29.8 Å². The molecule has 1 aliphatic heterocycles. The van der Waals surface area contributed by atoms with E-state index in [0.717, 1.165) is 26.1 Å². The van der Waals surface area contributed by atoms with Crippen molar-refractivity contribution in [3.63, 3.8) is 0 Å². The Morgan fingerprint density at radius 2 is 2.24 bits per heavy atom. The molecular formula is C14H21NOS. The summed E-state index contributed by atoms with van der Waals surface area (Å²) in [5.74, 6) is 0. The van der Waals surface area contributed by atoms with Crippen LogP contribution in [-0.2, 0) is 6.42 Å². The molecule has 3 heteroatoms. The van der Waals surface area contributed by atoms with Crippen LogP contribution in [0.25, 0.3) is 0 Å². The van der Waals surface area contributed by atoms with Gasteiger partial charge in [-0.25, -0.2) is 0 Å². The molecule has 1 unspecified atom stereocenters. The maximum atomic E-state index is 8.88. The molecule has 1 N–H and O–H groups in total. The molecule has 2 rings (SSSR count). The van der Waals surface area contributed by atoms with E-state index in [9.17, 15) is 0 Å². The van der Waals surface area contributed by atoms with Crippen LogP contribution in [0.3, 0.4) is 0 Å². The first kappa shape index (κ1) is 12.9. The Kier molecular flexibility index (Phi) is 4.89. The van der Waals surface area contributed by atoms with Gasteiger partial charge in [-0.15, -0.1) is 11.8 Å². The second-order valence-corrected chi connectivity index (χ2v) is 5.86. The van der Waals surface area contributed by atoms with E-state index in [1.54, 1.807) is 0 Å². The van der Waals surface area contributed by atoms with Crippen LogP contribution in [0.5, 0.6) is 0 Å². The summed E-state index contributed by atoms with van der Waals surface area (Å²) in [7, 11) is 0. The summed E-state index contributed by atoms with van der Waals surface area (Å²) in [4.78, 5) is 3.90. The van der Waals surface area contributed by atoms with Gasteiger partial charge in [0.15, 0.2) is 0 Å². The van der Waals surface area contributed by atoms with Crippen molar-refractivity contribution in [2.45, 2.75) is 29.9 Å². The van der Waals surface area contributed by atoms with E-state index in [1.165, 1.54) is 16.9 Å². The maximum Gasteiger partial charge on any atom is 0.0443 e. The lowest BCUT2D eigenvalue weighted by molar-refractivity contribution is 0.230. The average molecular weight is 251 g/mol. The summed E-state index contributed by atoms with van der Waals surface area (Å²) in [6, 6.07) is 8.72. The highest BCUT2D eigenvalue weighted by Gasteiger charge is 2.23. The van der Waals surface area contributed by atoms with Crippen molar-refractivity contribution < 1.29 is 5.11 Å². The van der Waals surface area contributed by atoms with Gasteiger partial charge in [0.05, 0.1) is 0 Å². The van der Waals surface area contributed by atoms with Crippen LogP contribution in [0, 0.1) is 0 Å². The van der Waals surface area contributed by atoms with Gasteiger partial charge in [-0.3, -0.25) is 0 Å². The molecule has 1 aromatic carbocycles. The Balaban J connectivity index is 1.85. The minimum absolute atomic E-state index is 0.300. The highest BCUT2D eigenvalue weighted by molar-refractivity contribution is 8.00. The molecule has 0 saturated carbocycles. The molecule has 1 atom stereocenters. The van der Waals surface area contributed by atoms with E-state index in [1.807, 2.05) is 11.8 Å². The number of thioether (sulfide) groups is 1. The van der Waals surface area contributed by atoms with Crippen molar-refractivity contribution in [1.29, 1.82) is 0 Å². The molecule has 94 valence electrons. The fourth-order valence-corrected chi connectivity index (χ4v) is 3.68. The smallest absolute Gasteiger partial charge is 0.0443 e. The zero-order valence-electron chi connectivity index (χ0n) is 10.4. The van der Waals surface area contributed by atoms with Crippen LogP contribution in [0.1, 0.15) is 18.9 Å². The largest absolute Gasteiger partial charge is 0.396 e. The molecule has 0 radical (unpaired) electrons. The van der Waals surface area contributed by atoms with Crippen molar-refractivity contribution in [1.82, 2.24) is 4.90 Å². The van der Waals surface area contributed by atoms with Gasteiger partial charge < -0.3 is 10.0 Å². The second-order valence-electron chi connectivity index (χ2n) is 4.52. The molecular weight excluding hydrogens is 230 g/mol. The number of nitrogens with zero attached hydrogens (tertiary/aromatic N) is 1. The third-order valence-electron chi connectivity index (χ3n) is 3.26. The van der Waals surface area contributed by atoms with E-state index >= 15 is 0 Å². The topological polar surface area (TPSA) is 23.5 Å². The van der Waals surface area contributed by atoms with Crippen LogP contribution in [0.2, 0.25) is 0 Å². The molecule has 0 fully saturated rings. The number of aliphatic hydroxyl groups is 1. The third-order valence-corrected chi connectivity index (χ3v) is 4.56. The minimum Gasteiger partial charge on any atom is -0.396 e. The first-order valence-corrected chi connectivity index (χ1v) is 7.29. The molecule has 0 amide bonds. The number of benzene rings is 1. The molecule has 2 nitrogen and oxygen atoms in total. The molecule has 0 aliphatic carbocycles. The fraction of sp³-hybridized carbons (Fsp3) is 0.571. The summed E-state index contributed by atoms with van der Waals surface area (Å²) in [6.07, 6.45) is 2.08. The number of fused-ring (bicyclic) bond motifs is 1. The summed E-state index contributed by atoms with van der Waals surface area (Å²) >= 11 is 2.01. The van der Waals surface area contributed by atoms with Gasteiger partial charge in [-0.1, -0.05) is 25.1 Å². The Bertz CT molecular complexity index is 331. The first-order valence-electron chi connectivity index (χ1n) is 6.41. The molecule has 17 heavy (non-hydrogen) atoms. The molecule has 1 heterocycles. The van der Waals surface area contributed by atoms with E-state index in [-0.39, 0.29) is 0 Å². The molecule has 1 aliphatic rings. The fourth-order valence-electron chi connectivity index (χ4n) is 2.32. The lowest BCUT2D eigenvalue weighted by Gasteiger charge is -2.23. The van der Waals surface area contributed by atoms with Crippen molar-refractivity contribution in [3.8, 4) is 0 Å². The van der Waals surface area contributed by atoms with E-state index in [0.29, 0.717) is 11.9 Å². The zero-order chi connectivity index (χ0) is 12.1. The van der Waals surface area contributed by atoms with Gasteiger partial charge >= 0.3 is 0 Å². The van der Waals surface area contributed by atoms with Crippen LogP contribution in [0.4, 0.5) is 0 Å². The molecule has 0 bridgehead atoms. The van der Waals surface area contributed by atoms with E-state index < -0.39 is 0 Å². The third kappa shape index (κ3) is 3.47. The number of rotatable bonds is 6. The highest BCUT2D eigenvalue weighted by Crippen LogP contribution is 2.36. The van der Waals surface area contributed by atoms with Crippen LogP contribution < -0.4 is 0 Å². The van der Waals surface area contributed by atoms with Gasteiger partial charge in [0.2, 0.25) is 0 Å². The van der Waals surface area contributed by atoms with Crippen LogP contribution in [0.15, 0.2) is 29.2 Å². The normalized spacial score (nSPS) is 18.6. The van der Waals surface area contributed by atoms with Crippen molar-refractivity contribution >= 4 is 11.8 Å². The summed E-state index contributed by atoms with van der Waals surface area (Å²) in [5, 5.41) is 9.57. The van der Waals surface area contributed by atoms with Crippen LogP contribution >= 0.6 is 11.8 Å². The highest BCUT2D eigenvalue weighted by atomic mass is 32.2. The first-order chi connectivity index (χ1) is 8.33. The van der Waals surface area contributed by atoms with Gasteiger partial charge in [0, 0.05) is 29.8 Å². The minimum atomic E-state index is 0.300. The standard InChI is InChI=1S/C14H21NOS/c1-2-15(8-5-9-16)11-13-10-12-6-3-4-7-14(12)17-13/h3-4,6-7,13,16H,2,5,8-11H2,1H3. The average Bonchev–Trinajstić information content (AvgIpc) is 2.76. The number of hydrogen-bond acceptors (Lipinski definition) is 3. The lowest BCUT2D eigenvalue weighted by Crippen LogP contribution is -2.32. The lowest BCUT2D eigenvalue weighted by atomic mass is 10.1. The van der Waals surface area contributed by atoms with Crippen molar-refractivity contribution in [2.75, 3.05) is 26.2 Å². The van der Waals surface area contributed by atoms with E-state index in [2.05, 4.69) is 36.1 Å².